The van der Waals surface area contributed by atoms with E-state index in [0.717, 1.165) is 42.4 Å². The summed E-state index contributed by atoms with van der Waals surface area (Å²) in [5.74, 6) is -2.98. The number of carbonyl (C=O) groups excluding carboxylic acids is 3. The van der Waals surface area contributed by atoms with Gasteiger partial charge in [0, 0.05) is 49.8 Å². The average Bonchev–Trinajstić information content (AvgIpc) is 3.52. The molecule has 14 nitrogen and oxygen atoms in total. The Bertz CT molecular complexity index is 1590. The molecule has 2 aromatic carbocycles. The maximum atomic E-state index is 12.7. The number of amides is 2. The highest BCUT2D eigenvalue weighted by Gasteiger charge is 2.54. The quantitative estimate of drug-likeness (QED) is 0.0541. The van der Waals surface area contributed by atoms with Crippen LogP contribution in [0.25, 0.3) is 0 Å². The molecule has 0 saturated carbocycles. The number of thioether (sulfide) groups is 1. The first-order valence-corrected chi connectivity index (χ1v) is 16.8. The van der Waals surface area contributed by atoms with E-state index in [0.29, 0.717) is 5.57 Å². The van der Waals surface area contributed by atoms with Crippen LogP contribution in [0.2, 0.25) is 0 Å². The second kappa shape index (κ2) is 18.0. The van der Waals surface area contributed by atoms with E-state index in [1.165, 1.54) is 42.3 Å². The number of oxime groups is 1. The number of fused-ring (bicyclic) bond motifs is 1. The molecular formula is C32H37N7O7S2. The van der Waals surface area contributed by atoms with Crippen molar-refractivity contribution in [2.45, 2.75) is 31.4 Å². The van der Waals surface area contributed by atoms with Gasteiger partial charge in [-0.3, -0.25) is 19.3 Å². The van der Waals surface area contributed by atoms with Crippen LogP contribution in [0.3, 0.4) is 0 Å². The Labute approximate surface area is 285 Å². The Morgan fingerprint density at radius 3 is 2.15 bits per heavy atom. The van der Waals surface area contributed by atoms with E-state index in [1.807, 2.05) is 12.1 Å². The number of rotatable bonds is 14. The number of esters is 1. The van der Waals surface area contributed by atoms with Crippen molar-refractivity contribution in [2.24, 2.45) is 5.16 Å². The third kappa shape index (κ3) is 9.87. The van der Waals surface area contributed by atoms with Crippen molar-refractivity contribution >= 4 is 57.7 Å². The van der Waals surface area contributed by atoms with Gasteiger partial charge in [0.25, 0.3) is 11.8 Å². The SMILES string of the molecule is CO/N=C(\C(=O)N[C@@H]1C(=O)N2C(C(=O)O)=C(COC(C)=O)CS[C@H]12)c1csc(N)n1.c1ccc(CNCCNCc2ccccc2)cc1. The lowest BCUT2D eigenvalue weighted by atomic mass is 10.0. The molecule has 0 radical (unpaired) electrons. The molecule has 2 aliphatic heterocycles. The molecule has 48 heavy (non-hydrogen) atoms. The van der Waals surface area contributed by atoms with Crippen molar-refractivity contribution in [2.75, 3.05) is 38.3 Å². The van der Waals surface area contributed by atoms with Crippen LogP contribution in [0.4, 0.5) is 5.13 Å². The summed E-state index contributed by atoms with van der Waals surface area (Å²) >= 11 is 2.35. The number of nitrogens with two attached hydrogens (primary N) is 1. The van der Waals surface area contributed by atoms with E-state index in [9.17, 15) is 24.3 Å². The normalized spacial score (nSPS) is 17.0. The number of hydrogen-bond donors (Lipinski definition) is 5. The van der Waals surface area contributed by atoms with E-state index >= 15 is 0 Å². The molecule has 1 fully saturated rings. The fourth-order valence-electron chi connectivity index (χ4n) is 4.72. The van der Waals surface area contributed by atoms with Gasteiger partial charge in [-0.05, 0) is 11.1 Å². The van der Waals surface area contributed by atoms with Gasteiger partial charge >= 0.3 is 11.9 Å². The van der Waals surface area contributed by atoms with Crippen LogP contribution < -0.4 is 21.7 Å². The van der Waals surface area contributed by atoms with Crippen LogP contribution in [0.5, 0.6) is 0 Å². The zero-order chi connectivity index (χ0) is 34.5. The third-order valence-corrected chi connectivity index (χ3v) is 8.98. The smallest absolute Gasteiger partial charge is 0.352 e. The van der Waals surface area contributed by atoms with Gasteiger partial charge in [-0.25, -0.2) is 9.78 Å². The lowest BCUT2D eigenvalue weighted by molar-refractivity contribution is -0.150. The number of carbonyl (C=O) groups is 4. The molecule has 1 aromatic heterocycles. The minimum absolute atomic E-state index is 0.165. The summed E-state index contributed by atoms with van der Waals surface area (Å²) in [7, 11) is 1.25. The molecular weight excluding hydrogens is 659 g/mol. The molecule has 1 saturated heterocycles. The summed E-state index contributed by atoms with van der Waals surface area (Å²) in [5.41, 5.74) is 8.33. The van der Waals surface area contributed by atoms with E-state index in [2.05, 4.69) is 79.5 Å². The highest BCUT2D eigenvalue weighted by molar-refractivity contribution is 8.00. The van der Waals surface area contributed by atoms with Gasteiger partial charge in [-0.15, -0.1) is 23.1 Å². The molecule has 2 atom stereocenters. The summed E-state index contributed by atoms with van der Waals surface area (Å²) in [6.07, 6.45) is 0. The molecule has 2 amide bonds. The third-order valence-electron chi connectivity index (χ3n) is 6.97. The minimum atomic E-state index is -1.32. The number of nitrogen functional groups attached to an aromatic ring is 1. The number of hydrogen-bond acceptors (Lipinski definition) is 13. The van der Waals surface area contributed by atoms with E-state index in [-0.39, 0.29) is 34.6 Å². The Morgan fingerprint density at radius 1 is 1.04 bits per heavy atom. The van der Waals surface area contributed by atoms with Crippen molar-refractivity contribution in [3.05, 3.63) is 94.1 Å². The van der Waals surface area contributed by atoms with Gasteiger partial charge in [-0.2, -0.15) is 0 Å². The van der Waals surface area contributed by atoms with Gasteiger partial charge in [0.1, 0.15) is 36.5 Å². The fraction of sp³-hybridized carbons (Fsp3) is 0.312. The summed E-state index contributed by atoms with van der Waals surface area (Å²) < 4.78 is 4.88. The number of thiazole rings is 1. The molecule has 3 aromatic rings. The summed E-state index contributed by atoms with van der Waals surface area (Å²) in [6, 6.07) is 20.0. The van der Waals surface area contributed by atoms with Crippen LogP contribution in [0.15, 0.2) is 82.5 Å². The fourth-order valence-corrected chi connectivity index (χ4v) is 6.59. The van der Waals surface area contributed by atoms with Crippen LogP contribution in [-0.4, -0.2) is 88.4 Å². The van der Waals surface area contributed by atoms with E-state index < -0.39 is 35.2 Å². The second-order valence-electron chi connectivity index (χ2n) is 10.4. The summed E-state index contributed by atoms with van der Waals surface area (Å²) in [4.78, 5) is 57.8. The van der Waals surface area contributed by atoms with Crippen molar-refractivity contribution in [1.29, 1.82) is 0 Å². The number of carboxylic acids is 1. The van der Waals surface area contributed by atoms with Crippen molar-refractivity contribution in [1.82, 2.24) is 25.8 Å². The van der Waals surface area contributed by atoms with Gasteiger partial charge < -0.3 is 36.4 Å². The highest BCUT2D eigenvalue weighted by Crippen LogP contribution is 2.40. The molecule has 5 rings (SSSR count). The van der Waals surface area contributed by atoms with Gasteiger partial charge in [-0.1, -0.05) is 65.8 Å². The summed E-state index contributed by atoms with van der Waals surface area (Å²) in [6.45, 7) is 4.83. The number of aliphatic carboxylic acids is 1. The number of nitrogens with one attached hydrogen (secondary N) is 3. The molecule has 16 heteroatoms. The molecule has 6 N–H and O–H groups in total. The zero-order valence-corrected chi connectivity index (χ0v) is 28.0. The lowest BCUT2D eigenvalue weighted by Crippen LogP contribution is -2.71. The van der Waals surface area contributed by atoms with Gasteiger partial charge in [0.05, 0.1) is 0 Å². The average molecular weight is 696 g/mol. The van der Waals surface area contributed by atoms with Crippen molar-refractivity contribution < 1.29 is 33.9 Å². The van der Waals surface area contributed by atoms with Crippen LogP contribution in [-0.2, 0) is 41.8 Å². The number of β-lactam (4-membered cyclic amide) rings is 1. The largest absolute Gasteiger partial charge is 0.477 e. The van der Waals surface area contributed by atoms with Crippen molar-refractivity contribution in [3.63, 3.8) is 0 Å². The number of anilines is 1. The Kier molecular flexibility index (Phi) is 13.5. The number of benzene rings is 2. The number of carboxylic acid groups (broad SMARTS) is 1. The molecule has 0 aliphatic carbocycles. The zero-order valence-electron chi connectivity index (χ0n) is 26.4. The predicted octanol–water partition coefficient (Wildman–Crippen LogP) is 1.94. The van der Waals surface area contributed by atoms with Crippen molar-refractivity contribution in [3.8, 4) is 0 Å². The topological polar surface area (TPSA) is 198 Å². The molecule has 0 bridgehead atoms. The Balaban J connectivity index is 0.000000246. The first-order valence-electron chi connectivity index (χ1n) is 14.9. The first kappa shape index (κ1) is 36.1. The minimum Gasteiger partial charge on any atom is -0.477 e. The first-order chi connectivity index (χ1) is 23.2. The Morgan fingerprint density at radius 2 is 1.65 bits per heavy atom. The van der Waals surface area contributed by atoms with E-state index in [1.54, 1.807) is 0 Å². The second-order valence-corrected chi connectivity index (χ2v) is 12.4. The summed E-state index contributed by atoms with van der Waals surface area (Å²) in [5, 5.41) is 23.7. The molecule has 3 heterocycles. The van der Waals surface area contributed by atoms with Crippen LogP contribution in [0, 0.1) is 0 Å². The Hall–Kier alpha value is -4.77. The molecule has 0 unspecified atom stereocenters. The number of aromatic nitrogens is 1. The number of nitrogens with zero attached hydrogens (tertiary/aromatic N) is 3. The lowest BCUT2D eigenvalue weighted by Gasteiger charge is -2.49. The van der Waals surface area contributed by atoms with Crippen LogP contribution >= 0.6 is 23.1 Å². The standard InChI is InChI=1S/C16H17N5O7S2.C16H20N2/c1-6(22)28-3-7-4-29-14-10(13(24)21(14)11(7)15(25)26)19-12(23)9(20-27-2)8-5-30-16(17)18-8;1-3-7-15(8-4-1)13-17-11-12-18-14-16-9-5-2-6-10-16/h5,10,14H,3-4H2,1-2H3,(H2,17,18)(H,19,23)(H,25,26);1-10,17-18H,11-14H2/b20-9-;/t10-,14-;/m1./s1. The maximum Gasteiger partial charge on any atom is 0.352 e. The van der Waals surface area contributed by atoms with E-state index in [4.69, 9.17) is 10.5 Å². The van der Waals surface area contributed by atoms with Gasteiger partial charge in [0.15, 0.2) is 10.8 Å². The van der Waals surface area contributed by atoms with Crippen LogP contribution in [0.1, 0.15) is 23.7 Å². The number of ether oxygens (including phenoxy) is 1. The maximum absolute atomic E-state index is 12.7. The molecule has 254 valence electrons. The molecule has 0 spiro atoms. The highest BCUT2D eigenvalue weighted by atomic mass is 32.2. The van der Waals surface area contributed by atoms with Gasteiger partial charge in [0.2, 0.25) is 0 Å². The molecule has 2 aliphatic rings. The predicted molar refractivity (Wildman–Crippen MR) is 183 cm³/mol. The monoisotopic (exact) mass is 695 g/mol.